The minimum atomic E-state index is -4.60. The number of rotatable bonds is 5. The van der Waals surface area contributed by atoms with Crippen molar-refractivity contribution in [1.82, 2.24) is 10.2 Å². The molecule has 0 bridgehead atoms. The van der Waals surface area contributed by atoms with Crippen LogP contribution in [0.4, 0.5) is 26.3 Å². The Morgan fingerprint density at radius 2 is 1.69 bits per heavy atom. The van der Waals surface area contributed by atoms with Crippen molar-refractivity contribution in [3.05, 3.63) is 29.3 Å². The quantitative estimate of drug-likeness (QED) is 0.732. The monoisotopic (exact) mass is 406 g/mol. The first-order chi connectivity index (χ1) is 11.6. The molecule has 26 heavy (non-hydrogen) atoms. The van der Waals surface area contributed by atoms with E-state index in [0.29, 0.717) is 26.2 Å². The number of ether oxygens (including phenoxy) is 1. The molecule has 0 aliphatic carbocycles. The van der Waals surface area contributed by atoms with Crippen LogP contribution in [-0.2, 0) is 6.18 Å². The summed E-state index contributed by atoms with van der Waals surface area (Å²) in [6.45, 7) is 2.11. The summed E-state index contributed by atoms with van der Waals surface area (Å²) in [7, 11) is 1.23. The summed E-state index contributed by atoms with van der Waals surface area (Å²) in [6.07, 6.45) is -10.3. The lowest BCUT2D eigenvalue weighted by molar-refractivity contribution is -0.140. The van der Waals surface area contributed by atoms with E-state index in [1.165, 1.54) is 13.2 Å². The summed E-state index contributed by atoms with van der Waals surface area (Å²) < 4.78 is 82.3. The third kappa shape index (κ3) is 6.51. The first-order valence-corrected chi connectivity index (χ1v) is 7.88. The Kier molecular flexibility index (Phi) is 8.04. The van der Waals surface area contributed by atoms with Crippen LogP contribution < -0.4 is 10.1 Å². The highest BCUT2D eigenvalue weighted by molar-refractivity contribution is 5.85. The number of nitrogens with zero attached hydrogens (tertiary/aromatic N) is 1. The molecule has 1 fully saturated rings. The highest BCUT2D eigenvalue weighted by atomic mass is 35.5. The van der Waals surface area contributed by atoms with Crippen molar-refractivity contribution in [2.75, 3.05) is 33.3 Å². The van der Waals surface area contributed by atoms with Gasteiger partial charge in [-0.05, 0) is 30.2 Å². The maximum absolute atomic E-state index is 13.1. The molecule has 10 heteroatoms. The molecule has 0 spiro atoms. The van der Waals surface area contributed by atoms with Crippen molar-refractivity contribution in [2.24, 2.45) is 0 Å². The Labute approximate surface area is 154 Å². The van der Waals surface area contributed by atoms with E-state index >= 15 is 0 Å². The van der Waals surface area contributed by atoms with Crippen LogP contribution in [0.1, 0.15) is 30.0 Å². The van der Waals surface area contributed by atoms with Gasteiger partial charge in [0.05, 0.1) is 12.7 Å². The highest BCUT2D eigenvalue weighted by Crippen LogP contribution is 2.38. The van der Waals surface area contributed by atoms with Crippen molar-refractivity contribution < 1.29 is 31.1 Å². The molecule has 3 nitrogen and oxygen atoms in total. The number of methoxy groups -OCH3 is 1. The Balaban J connectivity index is 0.00000338. The first-order valence-electron chi connectivity index (χ1n) is 7.88. The van der Waals surface area contributed by atoms with Gasteiger partial charge in [0.25, 0.3) is 0 Å². The topological polar surface area (TPSA) is 24.5 Å². The van der Waals surface area contributed by atoms with E-state index in [9.17, 15) is 26.3 Å². The van der Waals surface area contributed by atoms with Gasteiger partial charge in [-0.1, -0.05) is 0 Å². The second-order valence-corrected chi connectivity index (χ2v) is 5.95. The molecule has 2 rings (SSSR count). The zero-order valence-corrected chi connectivity index (χ0v) is 14.9. The second kappa shape index (κ2) is 9.14. The number of piperazine rings is 1. The summed E-state index contributed by atoms with van der Waals surface area (Å²) in [5.41, 5.74) is -0.730. The number of halogens is 7. The fourth-order valence-electron chi connectivity index (χ4n) is 2.95. The predicted molar refractivity (Wildman–Crippen MR) is 87.7 cm³/mol. The smallest absolute Gasteiger partial charge is 0.416 e. The van der Waals surface area contributed by atoms with E-state index in [1.807, 2.05) is 0 Å². The molecule has 1 saturated heterocycles. The minimum absolute atomic E-state index is 0. The Morgan fingerprint density at radius 1 is 1.08 bits per heavy atom. The van der Waals surface area contributed by atoms with Crippen molar-refractivity contribution in [3.63, 3.8) is 0 Å². The molecule has 0 aromatic heterocycles. The Morgan fingerprint density at radius 3 is 2.19 bits per heavy atom. The fourth-order valence-corrected chi connectivity index (χ4v) is 2.95. The van der Waals surface area contributed by atoms with E-state index < -0.39 is 30.4 Å². The normalized spacial score (nSPS) is 17.5. The van der Waals surface area contributed by atoms with Gasteiger partial charge < -0.3 is 10.1 Å². The average molecular weight is 407 g/mol. The number of nitrogens with one attached hydrogen (secondary N) is 1. The molecule has 1 aliphatic heterocycles. The van der Waals surface area contributed by atoms with Crippen molar-refractivity contribution >= 4 is 12.4 Å². The van der Waals surface area contributed by atoms with Gasteiger partial charge in [0.15, 0.2) is 0 Å². The average Bonchev–Trinajstić information content (AvgIpc) is 2.54. The summed E-state index contributed by atoms with van der Waals surface area (Å²) in [4.78, 5) is 1.79. The number of benzene rings is 1. The molecule has 1 N–H and O–H groups in total. The van der Waals surface area contributed by atoms with Crippen LogP contribution in [0.15, 0.2) is 18.2 Å². The molecule has 0 radical (unpaired) electrons. The molecule has 1 aliphatic rings. The molecule has 0 amide bonds. The minimum Gasteiger partial charge on any atom is -0.497 e. The molecule has 1 atom stereocenters. The maximum atomic E-state index is 13.1. The third-order valence-corrected chi connectivity index (χ3v) is 4.17. The molecule has 150 valence electrons. The fraction of sp³-hybridized carbons (Fsp3) is 0.625. The largest absolute Gasteiger partial charge is 0.497 e. The molecule has 0 unspecified atom stereocenters. The Bertz CT molecular complexity index is 573. The van der Waals surface area contributed by atoms with Gasteiger partial charge in [-0.2, -0.15) is 26.3 Å². The van der Waals surface area contributed by atoms with Gasteiger partial charge in [-0.3, -0.25) is 4.90 Å². The van der Waals surface area contributed by atoms with Crippen LogP contribution in [0.25, 0.3) is 0 Å². The summed E-state index contributed by atoms with van der Waals surface area (Å²) in [6, 6.07) is 2.41. The molecule has 1 aromatic carbocycles. The lowest BCUT2D eigenvalue weighted by atomic mass is 9.97. The summed E-state index contributed by atoms with van der Waals surface area (Å²) in [5.74, 6) is -0.0167. The van der Waals surface area contributed by atoms with E-state index in [-0.39, 0.29) is 30.1 Å². The van der Waals surface area contributed by atoms with Crippen LogP contribution in [0, 0.1) is 0 Å². The van der Waals surface area contributed by atoms with Crippen molar-refractivity contribution in [2.45, 2.75) is 31.2 Å². The molecular weight excluding hydrogens is 386 g/mol. The van der Waals surface area contributed by atoms with Gasteiger partial charge in [-0.15, -0.1) is 12.4 Å². The zero-order chi connectivity index (χ0) is 18.7. The predicted octanol–water partition coefficient (Wildman–Crippen LogP) is 4.42. The number of hydrogen-bond donors (Lipinski definition) is 1. The lowest BCUT2D eigenvalue weighted by Gasteiger charge is -2.36. The zero-order valence-electron chi connectivity index (χ0n) is 14.1. The standard InChI is InChI=1S/C16H20F6N2O.ClH/c1-25-13-9-11(8-12(10-13)16(20,21)22)14(2-3-15(17,18)19)24-6-4-23-5-7-24;/h8-10,14,23H,2-7H2,1H3;1H/t14-;/m1./s1. The van der Waals surface area contributed by atoms with E-state index in [4.69, 9.17) is 4.74 Å². The summed E-state index contributed by atoms with van der Waals surface area (Å²) >= 11 is 0. The third-order valence-electron chi connectivity index (χ3n) is 4.17. The van der Waals surface area contributed by atoms with Crippen LogP contribution >= 0.6 is 12.4 Å². The van der Waals surface area contributed by atoms with Gasteiger partial charge in [0.1, 0.15) is 5.75 Å². The van der Waals surface area contributed by atoms with Crippen LogP contribution in [0.5, 0.6) is 5.75 Å². The van der Waals surface area contributed by atoms with Crippen molar-refractivity contribution in [1.29, 1.82) is 0 Å². The van der Waals surface area contributed by atoms with Gasteiger partial charge in [0.2, 0.25) is 0 Å². The van der Waals surface area contributed by atoms with Crippen LogP contribution in [0.3, 0.4) is 0 Å². The highest BCUT2D eigenvalue weighted by Gasteiger charge is 2.35. The van der Waals surface area contributed by atoms with Gasteiger partial charge in [-0.25, -0.2) is 0 Å². The van der Waals surface area contributed by atoms with E-state index in [1.54, 1.807) is 4.90 Å². The number of hydrogen-bond acceptors (Lipinski definition) is 3. The molecular formula is C16H21ClF6N2O. The molecule has 0 saturated carbocycles. The second-order valence-electron chi connectivity index (χ2n) is 5.95. The van der Waals surface area contributed by atoms with E-state index in [2.05, 4.69) is 5.32 Å². The summed E-state index contributed by atoms with van der Waals surface area (Å²) in [5, 5.41) is 3.08. The van der Waals surface area contributed by atoms with Crippen molar-refractivity contribution in [3.8, 4) is 5.75 Å². The number of alkyl halides is 6. The molecule has 1 aromatic rings. The van der Waals surface area contributed by atoms with Gasteiger partial charge >= 0.3 is 12.4 Å². The Hall–Kier alpha value is -1.19. The first kappa shape index (κ1) is 22.9. The van der Waals surface area contributed by atoms with Gasteiger partial charge in [0, 0.05) is 38.6 Å². The van der Waals surface area contributed by atoms with Crippen LogP contribution in [-0.4, -0.2) is 44.4 Å². The van der Waals surface area contributed by atoms with E-state index in [0.717, 1.165) is 12.1 Å². The SMILES string of the molecule is COc1cc([C@@H](CCC(F)(F)F)N2CCNCC2)cc(C(F)(F)F)c1.Cl. The van der Waals surface area contributed by atoms with Crippen LogP contribution in [0.2, 0.25) is 0 Å². The maximum Gasteiger partial charge on any atom is 0.416 e. The molecule has 1 heterocycles. The lowest BCUT2D eigenvalue weighted by Crippen LogP contribution is -2.45.